The molecule has 7 heteroatoms. The summed E-state index contributed by atoms with van der Waals surface area (Å²) in [6.45, 7) is 4.13. The molecule has 0 saturated heterocycles. The van der Waals surface area contributed by atoms with Crippen LogP contribution in [0.1, 0.15) is 28.7 Å². The normalized spacial score (nSPS) is 10.5. The number of rotatable bonds is 5. The van der Waals surface area contributed by atoms with Gasteiger partial charge in [-0.05, 0) is 32.0 Å². The summed E-state index contributed by atoms with van der Waals surface area (Å²) in [5.74, 6) is -0.238. The highest BCUT2D eigenvalue weighted by Crippen LogP contribution is 2.27. The lowest BCUT2D eigenvalue weighted by molar-refractivity contribution is 0.102. The van der Waals surface area contributed by atoms with Gasteiger partial charge in [-0.2, -0.15) is 0 Å². The maximum absolute atomic E-state index is 12.6. The van der Waals surface area contributed by atoms with Crippen molar-refractivity contribution in [3.8, 4) is 0 Å². The number of para-hydroxylation sites is 1. The van der Waals surface area contributed by atoms with Gasteiger partial charge in [0, 0.05) is 28.4 Å². The molecule has 0 atom stereocenters. The molecule has 3 rings (SSSR count). The van der Waals surface area contributed by atoms with E-state index in [0.717, 1.165) is 22.3 Å². The van der Waals surface area contributed by atoms with Crippen LogP contribution in [0.25, 0.3) is 10.9 Å². The van der Waals surface area contributed by atoms with E-state index in [-0.39, 0.29) is 12.5 Å². The van der Waals surface area contributed by atoms with Gasteiger partial charge in [0.2, 0.25) is 0 Å². The molecule has 26 heavy (non-hydrogen) atoms. The number of carbonyl (C=O) groups excluding carboxylic acids is 2. The Labute approximate surface area is 150 Å². The summed E-state index contributed by atoms with van der Waals surface area (Å²) in [5, 5.41) is 6.49. The minimum absolute atomic E-state index is 0.187. The van der Waals surface area contributed by atoms with Crippen LogP contribution in [0.15, 0.2) is 42.6 Å². The Balaban J connectivity index is 1.74. The van der Waals surface area contributed by atoms with E-state index in [0.29, 0.717) is 17.9 Å². The molecular formula is C19H20N4O3. The van der Waals surface area contributed by atoms with E-state index < -0.39 is 6.09 Å². The quantitative estimate of drug-likeness (QED) is 0.656. The summed E-state index contributed by atoms with van der Waals surface area (Å²) in [5.41, 5.74) is 3.65. The predicted octanol–water partition coefficient (Wildman–Crippen LogP) is 3.37. The summed E-state index contributed by atoms with van der Waals surface area (Å²) < 4.78 is 4.80. The average molecular weight is 352 g/mol. The van der Waals surface area contributed by atoms with Gasteiger partial charge < -0.3 is 20.4 Å². The number of hydrogen-bond donors (Lipinski definition) is 3. The number of pyridine rings is 1. The van der Waals surface area contributed by atoms with Crippen LogP contribution in [0.4, 0.5) is 10.5 Å². The molecule has 0 fully saturated rings. The maximum atomic E-state index is 12.6. The Morgan fingerprint density at radius 1 is 1.23 bits per heavy atom. The lowest BCUT2D eigenvalue weighted by Crippen LogP contribution is -2.24. The number of aromatic nitrogens is 2. The highest BCUT2D eigenvalue weighted by atomic mass is 16.5. The summed E-state index contributed by atoms with van der Waals surface area (Å²) in [4.78, 5) is 31.4. The first kappa shape index (κ1) is 17.5. The minimum atomic E-state index is -0.515. The Morgan fingerprint density at radius 3 is 2.85 bits per heavy atom. The molecule has 2 aromatic heterocycles. The fourth-order valence-corrected chi connectivity index (χ4v) is 2.68. The molecule has 3 aromatic rings. The van der Waals surface area contributed by atoms with Crippen LogP contribution >= 0.6 is 0 Å². The van der Waals surface area contributed by atoms with Gasteiger partial charge in [0.1, 0.15) is 0 Å². The third kappa shape index (κ3) is 3.83. The molecule has 0 bridgehead atoms. The Kier molecular flexibility index (Phi) is 5.17. The van der Waals surface area contributed by atoms with Crippen molar-refractivity contribution >= 4 is 28.6 Å². The number of carbonyl (C=O) groups is 2. The number of nitrogens with zero attached hydrogens (tertiary/aromatic N) is 1. The topological polar surface area (TPSA) is 96.1 Å². The van der Waals surface area contributed by atoms with Gasteiger partial charge in [-0.25, -0.2) is 4.79 Å². The molecule has 2 amide bonds. The molecule has 3 N–H and O–H groups in total. The van der Waals surface area contributed by atoms with Gasteiger partial charge in [-0.15, -0.1) is 0 Å². The zero-order valence-electron chi connectivity index (χ0n) is 14.6. The van der Waals surface area contributed by atoms with Crippen LogP contribution in [0.2, 0.25) is 0 Å². The molecule has 134 valence electrons. The largest absolute Gasteiger partial charge is 0.450 e. The van der Waals surface area contributed by atoms with Crippen LogP contribution < -0.4 is 10.6 Å². The molecule has 2 heterocycles. The monoisotopic (exact) mass is 352 g/mol. The zero-order valence-corrected chi connectivity index (χ0v) is 14.6. The molecule has 0 aliphatic heterocycles. The van der Waals surface area contributed by atoms with E-state index in [2.05, 4.69) is 20.6 Å². The van der Waals surface area contributed by atoms with Crippen molar-refractivity contribution in [2.75, 3.05) is 11.9 Å². The van der Waals surface area contributed by atoms with E-state index in [1.807, 2.05) is 31.2 Å². The van der Waals surface area contributed by atoms with Crippen molar-refractivity contribution in [3.63, 3.8) is 0 Å². The summed E-state index contributed by atoms with van der Waals surface area (Å²) in [6.07, 6.45) is 1.03. The van der Waals surface area contributed by atoms with Crippen LogP contribution in [0.3, 0.4) is 0 Å². The first-order chi connectivity index (χ1) is 12.6. The second-order valence-corrected chi connectivity index (χ2v) is 5.73. The molecule has 0 radical (unpaired) electrons. The second kappa shape index (κ2) is 7.69. The predicted molar refractivity (Wildman–Crippen MR) is 99.1 cm³/mol. The first-order valence-corrected chi connectivity index (χ1v) is 8.32. The number of fused-ring (bicyclic) bond motifs is 1. The molecule has 1 aromatic carbocycles. The van der Waals surface area contributed by atoms with Gasteiger partial charge in [0.25, 0.3) is 5.91 Å². The van der Waals surface area contributed by atoms with Crippen molar-refractivity contribution in [3.05, 3.63) is 59.5 Å². The molecule has 0 spiro atoms. The second-order valence-electron chi connectivity index (χ2n) is 5.73. The summed E-state index contributed by atoms with van der Waals surface area (Å²) in [6, 6.07) is 11.1. The number of alkyl carbamates (subject to hydrolysis) is 1. The fourth-order valence-electron chi connectivity index (χ4n) is 2.68. The van der Waals surface area contributed by atoms with E-state index in [9.17, 15) is 9.59 Å². The lowest BCUT2D eigenvalue weighted by Gasteiger charge is -2.08. The molecule has 0 saturated carbocycles. The molecule has 0 unspecified atom stereocenters. The Bertz CT molecular complexity index is 949. The molecule has 0 aliphatic carbocycles. The zero-order chi connectivity index (χ0) is 18.5. The summed E-state index contributed by atoms with van der Waals surface area (Å²) >= 11 is 0. The van der Waals surface area contributed by atoms with Gasteiger partial charge in [-0.1, -0.05) is 18.2 Å². The molecular weight excluding hydrogens is 332 g/mol. The van der Waals surface area contributed by atoms with Crippen molar-refractivity contribution in [1.82, 2.24) is 15.3 Å². The van der Waals surface area contributed by atoms with E-state index in [4.69, 9.17) is 4.74 Å². The maximum Gasteiger partial charge on any atom is 0.407 e. The molecule has 7 nitrogen and oxygen atoms in total. The number of nitrogens with one attached hydrogen (secondary N) is 3. The number of hydrogen-bond acceptors (Lipinski definition) is 4. The number of amides is 2. The van der Waals surface area contributed by atoms with Crippen LogP contribution in [0, 0.1) is 6.92 Å². The lowest BCUT2D eigenvalue weighted by atomic mass is 10.2. The third-order valence-electron chi connectivity index (χ3n) is 3.90. The van der Waals surface area contributed by atoms with Crippen molar-refractivity contribution in [1.29, 1.82) is 0 Å². The Morgan fingerprint density at radius 2 is 2.04 bits per heavy atom. The van der Waals surface area contributed by atoms with Crippen LogP contribution in [-0.2, 0) is 11.3 Å². The van der Waals surface area contributed by atoms with Gasteiger partial charge in [-0.3, -0.25) is 9.78 Å². The molecule has 0 aliphatic rings. The number of aromatic amines is 1. The number of H-pyrrole nitrogens is 1. The number of aryl methyl sites for hydroxylation is 1. The average Bonchev–Trinajstić information content (AvgIpc) is 2.96. The van der Waals surface area contributed by atoms with Crippen molar-refractivity contribution < 1.29 is 14.3 Å². The van der Waals surface area contributed by atoms with Crippen molar-refractivity contribution in [2.45, 2.75) is 20.4 Å². The minimum Gasteiger partial charge on any atom is -0.450 e. The highest BCUT2D eigenvalue weighted by molar-refractivity contribution is 6.09. The van der Waals surface area contributed by atoms with Gasteiger partial charge in [0.15, 0.2) is 0 Å². The third-order valence-corrected chi connectivity index (χ3v) is 3.90. The van der Waals surface area contributed by atoms with Crippen LogP contribution in [0.5, 0.6) is 0 Å². The number of ether oxygens (including phenoxy) is 1. The number of anilines is 1. The SMILES string of the molecule is CCOC(=O)NCc1cc(C(=O)Nc2c(C)[nH]c3ccccc23)ccn1. The summed E-state index contributed by atoms with van der Waals surface area (Å²) in [7, 11) is 0. The highest BCUT2D eigenvalue weighted by Gasteiger charge is 2.13. The number of benzene rings is 1. The van der Waals surface area contributed by atoms with E-state index >= 15 is 0 Å². The van der Waals surface area contributed by atoms with Gasteiger partial charge in [0.05, 0.1) is 24.5 Å². The van der Waals surface area contributed by atoms with Crippen LogP contribution in [-0.4, -0.2) is 28.6 Å². The fraction of sp³-hybridized carbons (Fsp3) is 0.211. The smallest absolute Gasteiger partial charge is 0.407 e. The first-order valence-electron chi connectivity index (χ1n) is 8.32. The standard InChI is InChI=1S/C19H20N4O3/c1-3-26-19(25)21-11-14-10-13(8-9-20-14)18(24)23-17-12(2)22-16-7-5-4-6-15(16)17/h4-10,22H,3,11H2,1-2H3,(H,21,25)(H,23,24). The Hall–Kier alpha value is -3.35. The van der Waals surface area contributed by atoms with E-state index in [1.54, 1.807) is 25.3 Å². The van der Waals surface area contributed by atoms with Gasteiger partial charge >= 0.3 is 6.09 Å². The van der Waals surface area contributed by atoms with Crippen molar-refractivity contribution in [2.24, 2.45) is 0 Å². The van der Waals surface area contributed by atoms with E-state index in [1.165, 1.54) is 0 Å².